The molecule has 1 rings (SSSR count). The number of rotatable bonds is 7. The fraction of sp³-hybridized carbons (Fsp3) is 0.500. The Hall–Kier alpha value is -1.37. The van der Waals surface area contributed by atoms with E-state index < -0.39 is 11.9 Å². The molecule has 0 aromatic carbocycles. The summed E-state index contributed by atoms with van der Waals surface area (Å²) >= 11 is 0.960. The van der Waals surface area contributed by atoms with Crippen LogP contribution in [0.1, 0.15) is 10.7 Å². The Morgan fingerprint density at radius 2 is 2.12 bits per heavy atom. The molecule has 0 saturated heterocycles. The first-order valence-electron chi connectivity index (χ1n) is 7.09. The number of halogens is 4. The largest absolute Gasteiger partial charge is 0.434 e. The molecule has 0 saturated carbocycles. The van der Waals surface area contributed by atoms with Gasteiger partial charge in [-0.15, -0.1) is 41.9 Å². The number of likely N-dealkylation sites (N-methyl/N-ethyl adjacent to an activating group) is 1. The SMILES string of the molecule is C=CCNC(=NCC(=O)N(C)C)NCCc1nc(C(F)(F)F)cs1.I. The molecule has 6 nitrogen and oxygen atoms in total. The lowest BCUT2D eigenvalue weighted by Crippen LogP contribution is -2.39. The summed E-state index contributed by atoms with van der Waals surface area (Å²) in [6.45, 7) is 4.32. The minimum absolute atomic E-state index is 0. The number of hydrogen-bond donors (Lipinski definition) is 2. The topological polar surface area (TPSA) is 69.6 Å². The van der Waals surface area contributed by atoms with E-state index in [1.165, 1.54) is 4.90 Å². The third kappa shape index (κ3) is 9.05. The van der Waals surface area contributed by atoms with Crippen molar-refractivity contribution in [3.63, 3.8) is 0 Å². The van der Waals surface area contributed by atoms with Crippen molar-refractivity contribution in [1.82, 2.24) is 20.5 Å². The van der Waals surface area contributed by atoms with Crippen LogP contribution in [-0.2, 0) is 17.4 Å². The summed E-state index contributed by atoms with van der Waals surface area (Å²) in [6, 6.07) is 0. The van der Waals surface area contributed by atoms with E-state index in [2.05, 4.69) is 27.2 Å². The summed E-state index contributed by atoms with van der Waals surface area (Å²) in [4.78, 5) is 20.6. The van der Waals surface area contributed by atoms with Crippen molar-refractivity contribution in [3.8, 4) is 0 Å². The van der Waals surface area contributed by atoms with Crippen molar-refractivity contribution in [2.24, 2.45) is 4.99 Å². The molecule has 1 aromatic heterocycles. The number of carbonyl (C=O) groups is 1. The molecule has 0 fully saturated rings. The van der Waals surface area contributed by atoms with Gasteiger partial charge in [-0.3, -0.25) is 4.79 Å². The molecular weight excluding hydrogens is 470 g/mol. The Bertz CT molecular complexity index is 589. The molecule has 0 bridgehead atoms. The summed E-state index contributed by atoms with van der Waals surface area (Å²) < 4.78 is 37.5. The first kappa shape index (κ1) is 23.6. The van der Waals surface area contributed by atoms with Crippen LogP contribution >= 0.6 is 35.3 Å². The number of aromatic nitrogens is 1. The van der Waals surface area contributed by atoms with Gasteiger partial charge in [0.2, 0.25) is 5.91 Å². The Balaban J connectivity index is 0.00000576. The highest BCUT2D eigenvalue weighted by atomic mass is 127. The first-order valence-corrected chi connectivity index (χ1v) is 7.97. The van der Waals surface area contributed by atoms with Gasteiger partial charge >= 0.3 is 6.18 Å². The predicted octanol–water partition coefficient (Wildman–Crippen LogP) is 2.13. The summed E-state index contributed by atoms with van der Waals surface area (Å²) in [5.41, 5.74) is -0.877. The van der Waals surface area contributed by atoms with E-state index in [0.717, 1.165) is 16.7 Å². The maximum Gasteiger partial charge on any atom is 0.434 e. The van der Waals surface area contributed by atoms with Gasteiger partial charge in [0.15, 0.2) is 11.7 Å². The molecule has 0 aliphatic heterocycles. The molecule has 0 aliphatic carbocycles. The zero-order chi connectivity index (χ0) is 18.2. The molecular formula is C14H21F3IN5OS. The number of thiazole rings is 1. The second-order valence-electron chi connectivity index (χ2n) is 4.92. The number of nitrogens with zero attached hydrogens (tertiary/aromatic N) is 3. The molecule has 0 atom stereocenters. The number of guanidine groups is 1. The van der Waals surface area contributed by atoms with Gasteiger partial charge < -0.3 is 15.5 Å². The highest BCUT2D eigenvalue weighted by Crippen LogP contribution is 2.29. The van der Waals surface area contributed by atoms with Gasteiger partial charge in [-0.25, -0.2) is 9.98 Å². The lowest BCUT2D eigenvalue weighted by Gasteiger charge is -2.12. The zero-order valence-electron chi connectivity index (χ0n) is 13.9. The fourth-order valence-electron chi connectivity index (χ4n) is 1.48. The van der Waals surface area contributed by atoms with E-state index in [-0.39, 0.29) is 36.4 Å². The molecule has 1 heterocycles. The number of carbonyl (C=O) groups excluding carboxylic acids is 1. The molecule has 1 amide bonds. The predicted molar refractivity (Wildman–Crippen MR) is 103 cm³/mol. The van der Waals surface area contributed by atoms with Gasteiger partial charge in [0.05, 0.1) is 5.01 Å². The first-order chi connectivity index (χ1) is 11.2. The fourth-order valence-corrected chi connectivity index (χ4v) is 2.28. The van der Waals surface area contributed by atoms with E-state index in [9.17, 15) is 18.0 Å². The van der Waals surface area contributed by atoms with Crippen LogP contribution in [0, 0.1) is 0 Å². The van der Waals surface area contributed by atoms with Crippen LogP contribution in [0.25, 0.3) is 0 Å². The van der Waals surface area contributed by atoms with Crippen LogP contribution in [0.3, 0.4) is 0 Å². The standard InChI is InChI=1S/C14H20F3N5OS.HI/c1-4-6-18-13(20-8-12(23)22(2)3)19-7-5-11-21-10(9-24-11)14(15,16)17;/h4,9H,1,5-8H2,2-3H3,(H2,18,19,20);1H. The smallest absolute Gasteiger partial charge is 0.356 e. The molecule has 11 heteroatoms. The molecule has 25 heavy (non-hydrogen) atoms. The van der Waals surface area contributed by atoms with Crippen molar-refractivity contribution >= 4 is 47.2 Å². The van der Waals surface area contributed by atoms with Crippen molar-refractivity contribution in [2.45, 2.75) is 12.6 Å². The highest BCUT2D eigenvalue weighted by molar-refractivity contribution is 14.0. The van der Waals surface area contributed by atoms with Crippen molar-refractivity contribution in [3.05, 3.63) is 28.7 Å². The zero-order valence-corrected chi connectivity index (χ0v) is 17.0. The van der Waals surface area contributed by atoms with E-state index in [1.807, 2.05) is 0 Å². The lowest BCUT2D eigenvalue weighted by molar-refractivity contribution is -0.140. The van der Waals surface area contributed by atoms with Crippen LogP contribution in [0.4, 0.5) is 13.2 Å². The number of nitrogens with one attached hydrogen (secondary N) is 2. The van der Waals surface area contributed by atoms with Crippen molar-refractivity contribution in [1.29, 1.82) is 0 Å². The van der Waals surface area contributed by atoms with Gasteiger partial charge in [-0.05, 0) is 0 Å². The van der Waals surface area contributed by atoms with E-state index in [4.69, 9.17) is 0 Å². The van der Waals surface area contributed by atoms with Gasteiger partial charge in [-0.2, -0.15) is 13.2 Å². The average Bonchev–Trinajstić information content (AvgIpc) is 2.98. The van der Waals surface area contributed by atoms with Crippen LogP contribution in [-0.4, -0.2) is 55.5 Å². The maximum absolute atomic E-state index is 12.5. The van der Waals surface area contributed by atoms with Gasteiger partial charge in [0.1, 0.15) is 6.54 Å². The third-order valence-corrected chi connectivity index (χ3v) is 3.67. The van der Waals surface area contributed by atoms with E-state index in [0.29, 0.717) is 30.5 Å². The monoisotopic (exact) mass is 491 g/mol. The van der Waals surface area contributed by atoms with Crippen LogP contribution in [0.5, 0.6) is 0 Å². The Labute approximate surface area is 165 Å². The summed E-state index contributed by atoms with van der Waals surface area (Å²) in [7, 11) is 3.26. The number of aliphatic imine (C=N–C) groups is 1. The summed E-state index contributed by atoms with van der Waals surface area (Å²) in [5.74, 6) is 0.224. The second-order valence-corrected chi connectivity index (χ2v) is 5.87. The Morgan fingerprint density at radius 1 is 1.44 bits per heavy atom. The lowest BCUT2D eigenvalue weighted by atomic mass is 10.4. The molecule has 142 valence electrons. The van der Waals surface area contributed by atoms with Crippen molar-refractivity contribution < 1.29 is 18.0 Å². The van der Waals surface area contributed by atoms with Crippen LogP contribution in [0.2, 0.25) is 0 Å². The molecule has 2 N–H and O–H groups in total. The third-order valence-electron chi connectivity index (χ3n) is 2.76. The normalized spacial score (nSPS) is 11.5. The number of amides is 1. The van der Waals surface area contributed by atoms with Crippen molar-refractivity contribution in [2.75, 3.05) is 33.7 Å². The van der Waals surface area contributed by atoms with Gasteiger partial charge in [0, 0.05) is 39.0 Å². The van der Waals surface area contributed by atoms with Crippen LogP contribution < -0.4 is 10.6 Å². The molecule has 0 aliphatic rings. The molecule has 1 aromatic rings. The molecule has 0 radical (unpaired) electrons. The van der Waals surface area contributed by atoms with Gasteiger partial charge in [-0.1, -0.05) is 6.08 Å². The quantitative estimate of drug-likeness (QED) is 0.266. The summed E-state index contributed by atoms with van der Waals surface area (Å²) in [6.07, 6.45) is -2.48. The average molecular weight is 491 g/mol. The minimum atomic E-state index is -4.42. The number of hydrogen-bond acceptors (Lipinski definition) is 4. The molecule has 0 spiro atoms. The van der Waals surface area contributed by atoms with Crippen LogP contribution in [0.15, 0.2) is 23.0 Å². The summed E-state index contributed by atoms with van der Waals surface area (Å²) in [5, 5.41) is 7.26. The Kier molecular flexibility index (Phi) is 10.7. The van der Waals surface area contributed by atoms with Gasteiger partial charge in [0.25, 0.3) is 0 Å². The van der Waals surface area contributed by atoms with E-state index >= 15 is 0 Å². The highest BCUT2D eigenvalue weighted by Gasteiger charge is 2.33. The minimum Gasteiger partial charge on any atom is -0.356 e. The Morgan fingerprint density at radius 3 is 2.64 bits per heavy atom. The second kappa shape index (κ2) is 11.3. The van der Waals surface area contributed by atoms with E-state index in [1.54, 1.807) is 20.2 Å². The molecule has 0 unspecified atom stereocenters. The number of alkyl halides is 3. The maximum atomic E-state index is 12.5.